The van der Waals surface area contributed by atoms with Crippen LogP contribution >= 0.6 is 0 Å². The summed E-state index contributed by atoms with van der Waals surface area (Å²) in [5, 5.41) is 9.42. The van der Waals surface area contributed by atoms with Gasteiger partial charge in [-0.2, -0.15) is 0 Å². The first kappa shape index (κ1) is 11.5. The van der Waals surface area contributed by atoms with Crippen molar-refractivity contribution in [1.82, 2.24) is 0 Å². The highest BCUT2D eigenvalue weighted by atomic mass is 16.5. The Morgan fingerprint density at radius 2 is 1.95 bits per heavy atom. The van der Waals surface area contributed by atoms with Crippen LogP contribution in [-0.4, -0.2) is 17.5 Å². The van der Waals surface area contributed by atoms with Gasteiger partial charge in [0.25, 0.3) is 0 Å². The van der Waals surface area contributed by atoms with Crippen molar-refractivity contribution in [2.24, 2.45) is 0 Å². The summed E-state index contributed by atoms with van der Waals surface area (Å²) in [4.78, 5) is 12.3. The van der Waals surface area contributed by atoms with Crippen molar-refractivity contribution < 1.29 is 14.6 Å². The molecule has 0 radical (unpaired) electrons. The largest absolute Gasteiger partial charge is 0.508 e. The molecule has 1 heterocycles. The van der Waals surface area contributed by atoms with Crippen LogP contribution in [0.4, 0.5) is 0 Å². The Bertz CT molecular complexity index is 671. The number of hydrogen-bond acceptors (Lipinski definition) is 3. The third kappa shape index (κ3) is 2.22. The summed E-state index contributed by atoms with van der Waals surface area (Å²) in [6, 6.07) is 14.0. The molecule has 0 aromatic heterocycles. The average molecular weight is 252 g/mol. The van der Waals surface area contributed by atoms with Crippen LogP contribution < -0.4 is 4.74 Å². The van der Waals surface area contributed by atoms with E-state index in [1.807, 2.05) is 18.2 Å². The maximum absolute atomic E-state index is 12.3. The Hall–Kier alpha value is -2.55. The fourth-order valence-electron chi connectivity index (χ4n) is 2.10. The van der Waals surface area contributed by atoms with Crippen LogP contribution in [0.2, 0.25) is 0 Å². The minimum atomic E-state index is -0.0230. The summed E-state index contributed by atoms with van der Waals surface area (Å²) in [6.07, 6.45) is 1.75. The molecule has 19 heavy (non-hydrogen) atoms. The predicted octanol–water partition coefficient (Wildman–Crippen LogP) is 3.05. The molecule has 0 saturated heterocycles. The molecular weight excluding hydrogens is 240 g/mol. The van der Waals surface area contributed by atoms with E-state index in [0.29, 0.717) is 16.9 Å². The maximum Gasteiger partial charge on any atom is 0.196 e. The molecule has 2 aromatic rings. The zero-order valence-electron chi connectivity index (χ0n) is 10.2. The average Bonchev–Trinajstić information content (AvgIpc) is 2.42. The standard InChI is InChI=1S/C16H12O3/c17-13-5-3-4-11(9-13)8-12-10-19-15-7-2-1-6-14(15)16(12)18/h1-9,17H,10H2. The molecule has 0 aliphatic carbocycles. The number of ether oxygens (including phenoxy) is 1. The molecule has 3 rings (SSSR count). The number of hydrogen-bond donors (Lipinski definition) is 1. The molecule has 0 saturated carbocycles. The van der Waals surface area contributed by atoms with Crippen LogP contribution in [0.3, 0.4) is 0 Å². The molecule has 1 aliphatic heterocycles. The second-order valence-corrected chi connectivity index (χ2v) is 4.38. The minimum absolute atomic E-state index is 0.0230. The molecule has 0 bridgehead atoms. The molecule has 2 aromatic carbocycles. The van der Waals surface area contributed by atoms with E-state index >= 15 is 0 Å². The molecule has 0 spiro atoms. The van der Waals surface area contributed by atoms with Crippen molar-refractivity contribution in [3.8, 4) is 11.5 Å². The van der Waals surface area contributed by atoms with E-state index < -0.39 is 0 Å². The van der Waals surface area contributed by atoms with Gasteiger partial charge in [-0.1, -0.05) is 24.3 Å². The van der Waals surface area contributed by atoms with Gasteiger partial charge < -0.3 is 9.84 Å². The number of rotatable bonds is 1. The number of phenolic OH excluding ortho intramolecular Hbond substituents is 1. The van der Waals surface area contributed by atoms with Gasteiger partial charge in [-0.25, -0.2) is 0 Å². The van der Waals surface area contributed by atoms with Gasteiger partial charge in [0.2, 0.25) is 0 Å². The second kappa shape index (κ2) is 4.61. The zero-order valence-corrected chi connectivity index (χ0v) is 10.2. The number of ketones is 1. The van der Waals surface area contributed by atoms with Crippen LogP contribution in [0, 0.1) is 0 Å². The zero-order chi connectivity index (χ0) is 13.2. The topological polar surface area (TPSA) is 46.5 Å². The number of phenols is 1. The van der Waals surface area contributed by atoms with Crippen molar-refractivity contribution in [3.05, 3.63) is 65.2 Å². The maximum atomic E-state index is 12.3. The van der Waals surface area contributed by atoms with Crippen molar-refractivity contribution >= 4 is 11.9 Å². The van der Waals surface area contributed by atoms with E-state index in [1.54, 1.807) is 36.4 Å². The number of aromatic hydroxyl groups is 1. The fraction of sp³-hybridized carbons (Fsp3) is 0.0625. The number of carbonyl (C=O) groups is 1. The molecule has 1 N–H and O–H groups in total. The van der Waals surface area contributed by atoms with Crippen LogP contribution in [0.1, 0.15) is 15.9 Å². The minimum Gasteiger partial charge on any atom is -0.508 e. The van der Waals surface area contributed by atoms with Crippen LogP contribution in [0.25, 0.3) is 6.08 Å². The van der Waals surface area contributed by atoms with Gasteiger partial charge in [0.15, 0.2) is 5.78 Å². The molecule has 0 atom stereocenters. The molecule has 0 unspecified atom stereocenters. The van der Waals surface area contributed by atoms with Crippen LogP contribution in [0.15, 0.2) is 54.1 Å². The number of Topliss-reactive ketones (excluding diaryl/α,β-unsaturated/α-hetero) is 1. The lowest BCUT2D eigenvalue weighted by molar-refractivity contribution is 0.100. The summed E-state index contributed by atoms with van der Waals surface area (Å²) >= 11 is 0. The molecule has 0 fully saturated rings. The molecule has 3 heteroatoms. The van der Waals surface area contributed by atoms with Crippen LogP contribution in [-0.2, 0) is 0 Å². The van der Waals surface area contributed by atoms with Gasteiger partial charge in [-0.05, 0) is 35.9 Å². The van der Waals surface area contributed by atoms with Crippen molar-refractivity contribution in [2.75, 3.05) is 6.61 Å². The lowest BCUT2D eigenvalue weighted by atomic mass is 9.98. The number of para-hydroxylation sites is 1. The van der Waals surface area contributed by atoms with Crippen molar-refractivity contribution in [2.45, 2.75) is 0 Å². The number of fused-ring (bicyclic) bond motifs is 1. The highest BCUT2D eigenvalue weighted by molar-refractivity contribution is 6.14. The van der Waals surface area contributed by atoms with Gasteiger partial charge in [0.05, 0.1) is 5.56 Å². The third-order valence-electron chi connectivity index (χ3n) is 3.02. The van der Waals surface area contributed by atoms with Crippen molar-refractivity contribution in [3.63, 3.8) is 0 Å². The lowest BCUT2D eigenvalue weighted by Crippen LogP contribution is -2.18. The molecule has 1 aliphatic rings. The first-order valence-electron chi connectivity index (χ1n) is 6.00. The Morgan fingerprint density at radius 3 is 2.79 bits per heavy atom. The van der Waals surface area contributed by atoms with E-state index in [-0.39, 0.29) is 18.1 Å². The first-order chi connectivity index (χ1) is 9.24. The lowest BCUT2D eigenvalue weighted by Gasteiger charge is -2.18. The highest BCUT2D eigenvalue weighted by Crippen LogP contribution is 2.27. The van der Waals surface area contributed by atoms with Gasteiger partial charge >= 0.3 is 0 Å². The van der Waals surface area contributed by atoms with Crippen molar-refractivity contribution in [1.29, 1.82) is 0 Å². The third-order valence-corrected chi connectivity index (χ3v) is 3.02. The van der Waals surface area contributed by atoms with E-state index in [1.165, 1.54) is 0 Å². The molecular formula is C16H12O3. The quantitative estimate of drug-likeness (QED) is 0.793. The van der Waals surface area contributed by atoms with Gasteiger partial charge in [-0.3, -0.25) is 4.79 Å². The normalized spacial score (nSPS) is 16.0. The summed E-state index contributed by atoms with van der Waals surface area (Å²) < 4.78 is 5.56. The summed E-state index contributed by atoms with van der Waals surface area (Å²) in [5.74, 6) is 0.782. The van der Waals surface area contributed by atoms with E-state index in [0.717, 1.165) is 5.56 Å². The van der Waals surface area contributed by atoms with E-state index in [4.69, 9.17) is 4.74 Å². The van der Waals surface area contributed by atoms with Crippen LogP contribution in [0.5, 0.6) is 11.5 Å². The van der Waals surface area contributed by atoms with Gasteiger partial charge in [-0.15, -0.1) is 0 Å². The summed E-state index contributed by atoms with van der Waals surface area (Å²) in [7, 11) is 0. The first-order valence-corrected chi connectivity index (χ1v) is 6.00. The Balaban J connectivity index is 1.98. The predicted molar refractivity (Wildman–Crippen MR) is 72.4 cm³/mol. The molecule has 3 nitrogen and oxygen atoms in total. The Kier molecular flexibility index (Phi) is 2.80. The number of carbonyl (C=O) groups excluding carboxylic acids is 1. The monoisotopic (exact) mass is 252 g/mol. The summed E-state index contributed by atoms with van der Waals surface area (Å²) in [6.45, 7) is 0.255. The fourth-order valence-corrected chi connectivity index (χ4v) is 2.10. The molecule has 94 valence electrons. The van der Waals surface area contributed by atoms with E-state index in [9.17, 15) is 9.90 Å². The smallest absolute Gasteiger partial charge is 0.196 e. The summed E-state index contributed by atoms with van der Waals surface area (Å²) in [5.41, 5.74) is 1.95. The number of benzene rings is 2. The Morgan fingerprint density at radius 1 is 1.11 bits per heavy atom. The SMILES string of the molecule is O=C1C(=Cc2cccc(O)c2)COc2ccccc21. The van der Waals surface area contributed by atoms with E-state index in [2.05, 4.69) is 0 Å². The second-order valence-electron chi connectivity index (χ2n) is 4.38. The van der Waals surface area contributed by atoms with Gasteiger partial charge in [0.1, 0.15) is 18.1 Å². The van der Waals surface area contributed by atoms with Gasteiger partial charge in [0, 0.05) is 5.57 Å². The highest BCUT2D eigenvalue weighted by Gasteiger charge is 2.22. The molecule has 0 amide bonds. The Labute approximate surface area is 110 Å².